The number of hydrogen-bond donors (Lipinski definition) is 2. The van der Waals surface area contributed by atoms with Crippen LogP contribution in [0.1, 0.15) is 36.0 Å². The van der Waals surface area contributed by atoms with Crippen molar-refractivity contribution in [2.45, 2.75) is 37.8 Å². The van der Waals surface area contributed by atoms with Gasteiger partial charge in [0.1, 0.15) is 5.75 Å². The number of nitro benzene ring substituents is 1. The van der Waals surface area contributed by atoms with E-state index in [4.69, 9.17) is 10.5 Å². The van der Waals surface area contributed by atoms with E-state index in [1.165, 1.54) is 25.3 Å². The fourth-order valence-corrected chi connectivity index (χ4v) is 2.57. The number of hydrogen-bond acceptors (Lipinski definition) is 5. The zero-order chi connectivity index (χ0) is 15.4. The maximum absolute atomic E-state index is 12.3. The summed E-state index contributed by atoms with van der Waals surface area (Å²) in [5, 5.41) is 13.6. The number of benzene rings is 1. The standard InChI is InChI=1S/C14H19N3O4/c1-21-13-8-9(17(19)20)6-7-10(13)14(18)16-12-5-3-2-4-11(12)15/h6-8,11-12H,2-5,15H2,1H3,(H,16,18)/t11-,12-/m1/s1. The minimum Gasteiger partial charge on any atom is -0.496 e. The van der Waals surface area contributed by atoms with E-state index in [0.717, 1.165) is 25.7 Å². The predicted octanol–water partition coefficient (Wildman–Crippen LogP) is 1.60. The van der Waals surface area contributed by atoms with Crippen LogP contribution in [0.5, 0.6) is 5.75 Å². The van der Waals surface area contributed by atoms with Gasteiger partial charge in [0.2, 0.25) is 0 Å². The smallest absolute Gasteiger partial charge is 0.273 e. The lowest BCUT2D eigenvalue weighted by Gasteiger charge is -2.29. The number of methoxy groups -OCH3 is 1. The second-order valence-electron chi connectivity index (χ2n) is 5.17. The normalized spacial score (nSPS) is 21.6. The topological polar surface area (TPSA) is 107 Å². The van der Waals surface area contributed by atoms with E-state index in [1.807, 2.05) is 0 Å². The molecule has 0 saturated heterocycles. The molecule has 21 heavy (non-hydrogen) atoms. The van der Waals surface area contributed by atoms with Gasteiger partial charge in [0, 0.05) is 18.2 Å². The monoisotopic (exact) mass is 293 g/mol. The third-order valence-electron chi connectivity index (χ3n) is 3.78. The average Bonchev–Trinajstić information content (AvgIpc) is 2.48. The van der Waals surface area contributed by atoms with Gasteiger partial charge >= 0.3 is 0 Å². The number of nitrogens with one attached hydrogen (secondary N) is 1. The zero-order valence-corrected chi connectivity index (χ0v) is 11.9. The number of rotatable bonds is 4. The summed E-state index contributed by atoms with van der Waals surface area (Å²) < 4.78 is 5.08. The van der Waals surface area contributed by atoms with Gasteiger partial charge in [0.25, 0.3) is 11.6 Å². The predicted molar refractivity (Wildman–Crippen MR) is 77.3 cm³/mol. The molecule has 1 fully saturated rings. The lowest BCUT2D eigenvalue weighted by molar-refractivity contribution is -0.384. The molecule has 1 aromatic rings. The molecule has 7 heteroatoms. The van der Waals surface area contributed by atoms with E-state index in [9.17, 15) is 14.9 Å². The minimum atomic E-state index is -0.527. The van der Waals surface area contributed by atoms with Crippen LogP contribution >= 0.6 is 0 Å². The molecule has 0 aromatic heterocycles. The van der Waals surface area contributed by atoms with Crippen LogP contribution in [0.3, 0.4) is 0 Å². The number of ether oxygens (including phenoxy) is 1. The van der Waals surface area contributed by atoms with Crippen molar-refractivity contribution in [2.24, 2.45) is 5.73 Å². The second-order valence-corrected chi connectivity index (χ2v) is 5.17. The molecule has 1 aromatic carbocycles. The number of amides is 1. The van der Waals surface area contributed by atoms with Crippen molar-refractivity contribution in [1.29, 1.82) is 0 Å². The summed E-state index contributed by atoms with van der Waals surface area (Å²) in [5.41, 5.74) is 6.17. The highest BCUT2D eigenvalue weighted by molar-refractivity contribution is 5.97. The van der Waals surface area contributed by atoms with Crippen molar-refractivity contribution < 1.29 is 14.5 Å². The summed E-state index contributed by atoms with van der Waals surface area (Å²) in [6, 6.07) is 3.83. The van der Waals surface area contributed by atoms with Crippen molar-refractivity contribution in [1.82, 2.24) is 5.32 Å². The van der Waals surface area contributed by atoms with Gasteiger partial charge < -0.3 is 15.8 Å². The Labute approximate surface area is 122 Å². The van der Waals surface area contributed by atoms with Gasteiger partial charge in [0.05, 0.1) is 23.7 Å². The quantitative estimate of drug-likeness (QED) is 0.647. The van der Waals surface area contributed by atoms with Crippen LogP contribution in [0.25, 0.3) is 0 Å². The molecule has 2 rings (SSSR count). The molecule has 0 aliphatic heterocycles. The Kier molecular flexibility index (Phi) is 4.74. The molecule has 0 heterocycles. The van der Waals surface area contributed by atoms with Crippen molar-refractivity contribution >= 4 is 11.6 Å². The Morgan fingerprint density at radius 2 is 2.14 bits per heavy atom. The number of nitro groups is 1. The van der Waals surface area contributed by atoms with Crippen molar-refractivity contribution in [3.8, 4) is 5.75 Å². The van der Waals surface area contributed by atoms with Crippen LogP contribution in [-0.2, 0) is 0 Å². The van der Waals surface area contributed by atoms with E-state index in [-0.39, 0.29) is 35.0 Å². The van der Waals surface area contributed by atoms with Crippen LogP contribution < -0.4 is 15.8 Å². The lowest BCUT2D eigenvalue weighted by atomic mass is 9.91. The van der Waals surface area contributed by atoms with Crippen LogP contribution in [0, 0.1) is 10.1 Å². The number of carbonyl (C=O) groups is 1. The lowest BCUT2D eigenvalue weighted by Crippen LogP contribution is -2.49. The van der Waals surface area contributed by atoms with Crippen LogP contribution in [0.4, 0.5) is 5.69 Å². The minimum absolute atomic E-state index is 0.0493. The molecule has 1 amide bonds. The van der Waals surface area contributed by atoms with Crippen molar-refractivity contribution in [3.05, 3.63) is 33.9 Å². The first kappa shape index (κ1) is 15.2. The molecule has 2 atom stereocenters. The molecule has 1 aliphatic carbocycles. The summed E-state index contributed by atoms with van der Waals surface area (Å²) in [5.74, 6) is -0.129. The van der Waals surface area contributed by atoms with Crippen LogP contribution in [-0.4, -0.2) is 30.0 Å². The molecule has 0 unspecified atom stereocenters. The SMILES string of the molecule is COc1cc([N+](=O)[O-])ccc1C(=O)N[C@@H]1CCCC[C@H]1N. The molecular formula is C14H19N3O4. The fraction of sp³-hybridized carbons (Fsp3) is 0.500. The number of carbonyl (C=O) groups excluding carboxylic acids is 1. The molecule has 7 nitrogen and oxygen atoms in total. The van der Waals surface area contributed by atoms with Gasteiger partial charge in [-0.2, -0.15) is 0 Å². The summed E-state index contributed by atoms with van der Waals surface area (Å²) in [6.45, 7) is 0. The molecule has 0 spiro atoms. The largest absolute Gasteiger partial charge is 0.496 e. The summed E-state index contributed by atoms with van der Waals surface area (Å²) in [7, 11) is 1.38. The molecule has 114 valence electrons. The highest BCUT2D eigenvalue weighted by Gasteiger charge is 2.25. The van der Waals surface area contributed by atoms with E-state index < -0.39 is 4.92 Å². The molecule has 1 saturated carbocycles. The Balaban J connectivity index is 2.16. The zero-order valence-electron chi connectivity index (χ0n) is 11.9. The third kappa shape index (κ3) is 3.49. The first-order valence-electron chi connectivity index (χ1n) is 6.92. The second kappa shape index (κ2) is 6.53. The number of nitrogens with zero attached hydrogens (tertiary/aromatic N) is 1. The third-order valence-corrected chi connectivity index (χ3v) is 3.78. The molecule has 0 radical (unpaired) electrons. The van der Waals surface area contributed by atoms with Gasteiger partial charge in [-0.05, 0) is 18.9 Å². The maximum Gasteiger partial charge on any atom is 0.273 e. The van der Waals surface area contributed by atoms with E-state index in [0.29, 0.717) is 0 Å². The van der Waals surface area contributed by atoms with Gasteiger partial charge in [-0.1, -0.05) is 12.8 Å². The molecular weight excluding hydrogens is 274 g/mol. The highest BCUT2D eigenvalue weighted by Crippen LogP contribution is 2.25. The first-order chi connectivity index (χ1) is 10.0. The van der Waals surface area contributed by atoms with E-state index >= 15 is 0 Å². The Morgan fingerprint density at radius 1 is 1.43 bits per heavy atom. The Morgan fingerprint density at radius 3 is 2.76 bits per heavy atom. The average molecular weight is 293 g/mol. The fourth-order valence-electron chi connectivity index (χ4n) is 2.57. The van der Waals surface area contributed by atoms with Crippen LogP contribution in [0.2, 0.25) is 0 Å². The molecule has 3 N–H and O–H groups in total. The van der Waals surface area contributed by atoms with Gasteiger partial charge in [-0.25, -0.2) is 0 Å². The van der Waals surface area contributed by atoms with Gasteiger partial charge in [-0.15, -0.1) is 0 Å². The Bertz CT molecular complexity index is 547. The number of non-ortho nitro benzene ring substituents is 1. The van der Waals surface area contributed by atoms with Crippen molar-refractivity contribution in [2.75, 3.05) is 7.11 Å². The molecule has 0 bridgehead atoms. The summed E-state index contributed by atoms with van der Waals surface area (Å²) >= 11 is 0. The van der Waals surface area contributed by atoms with E-state index in [2.05, 4.69) is 5.32 Å². The van der Waals surface area contributed by atoms with Crippen LogP contribution in [0.15, 0.2) is 18.2 Å². The highest BCUT2D eigenvalue weighted by atomic mass is 16.6. The summed E-state index contributed by atoms with van der Waals surface area (Å²) in [6.07, 6.45) is 3.86. The first-order valence-corrected chi connectivity index (χ1v) is 6.92. The maximum atomic E-state index is 12.3. The number of nitrogens with two attached hydrogens (primary N) is 1. The van der Waals surface area contributed by atoms with Crippen molar-refractivity contribution in [3.63, 3.8) is 0 Å². The van der Waals surface area contributed by atoms with Gasteiger partial charge in [-0.3, -0.25) is 14.9 Å². The summed E-state index contributed by atoms with van der Waals surface area (Å²) in [4.78, 5) is 22.5. The van der Waals surface area contributed by atoms with E-state index in [1.54, 1.807) is 0 Å². The Hall–Kier alpha value is -2.15. The van der Waals surface area contributed by atoms with Gasteiger partial charge in [0.15, 0.2) is 0 Å². The molecule has 1 aliphatic rings.